The Morgan fingerprint density at radius 3 is 1.46 bits per heavy atom. The maximum atomic E-state index is 3.46. The number of aromatic nitrogens is 1. The van der Waals surface area contributed by atoms with E-state index in [2.05, 4.69) is 96.1 Å². The maximum absolute atomic E-state index is 3.46. The third-order valence-corrected chi connectivity index (χ3v) is 4.21. The van der Waals surface area contributed by atoms with E-state index in [1.807, 2.05) is 12.1 Å². The second-order valence-electron chi connectivity index (χ2n) is 5.77. The Bertz CT molecular complexity index is 929. The van der Waals surface area contributed by atoms with Gasteiger partial charge in [-0.3, -0.25) is 0 Å². The van der Waals surface area contributed by atoms with Gasteiger partial charge in [0, 0.05) is 17.2 Å². The summed E-state index contributed by atoms with van der Waals surface area (Å²) in [4.78, 5) is 3.46. The standard InChI is InChI=1S/C23H17N/c1-4-10-18(11-5-1)21-16-23(20-14-8-3-9-15-20)24-17-22(21)19-12-6-2-7-13-19/h1-17H/p+1. The van der Waals surface area contributed by atoms with Crippen molar-refractivity contribution in [2.24, 2.45) is 0 Å². The summed E-state index contributed by atoms with van der Waals surface area (Å²) in [5.41, 5.74) is 7.19. The highest BCUT2D eigenvalue weighted by Gasteiger charge is 2.14. The molecule has 0 spiro atoms. The van der Waals surface area contributed by atoms with Gasteiger partial charge in [0.05, 0.1) is 5.56 Å². The number of pyridine rings is 1. The number of hydrogen-bond acceptors (Lipinski definition) is 0. The van der Waals surface area contributed by atoms with Crippen LogP contribution in [0.25, 0.3) is 33.5 Å². The number of hydrogen-bond donors (Lipinski definition) is 0. The molecule has 0 aliphatic rings. The predicted molar refractivity (Wildman–Crippen MR) is 99.3 cm³/mol. The Labute approximate surface area is 142 Å². The smallest absolute Gasteiger partial charge is 0.210 e. The Kier molecular flexibility index (Phi) is 3.91. The van der Waals surface area contributed by atoms with Crippen LogP contribution < -0.4 is 4.98 Å². The summed E-state index contributed by atoms with van der Waals surface area (Å²) in [6, 6.07) is 33.7. The molecule has 114 valence electrons. The Morgan fingerprint density at radius 1 is 0.458 bits per heavy atom. The first kappa shape index (κ1) is 14.4. The lowest BCUT2D eigenvalue weighted by Gasteiger charge is -2.09. The monoisotopic (exact) mass is 308 g/mol. The molecule has 0 amide bonds. The highest BCUT2D eigenvalue weighted by atomic mass is 14.7. The fraction of sp³-hybridized carbons (Fsp3) is 0. The first-order valence-corrected chi connectivity index (χ1v) is 8.14. The molecule has 0 unspecified atom stereocenters. The number of nitrogens with one attached hydrogen (secondary N) is 1. The molecular weight excluding hydrogens is 290 g/mol. The molecule has 1 heterocycles. The van der Waals surface area contributed by atoms with Crippen LogP contribution in [0.15, 0.2) is 103 Å². The normalized spacial score (nSPS) is 10.5. The van der Waals surface area contributed by atoms with Crippen LogP contribution in [0.5, 0.6) is 0 Å². The molecular formula is C23H18N+. The van der Waals surface area contributed by atoms with Crippen LogP contribution in [0.4, 0.5) is 0 Å². The average Bonchev–Trinajstić information content (AvgIpc) is 2.69. The summed E-state index contributed by atoms with van der Waals surface area (Å²) in [5, 5.41) is 0. The van der Waals surface area contributed by atoms with Gasteiger partial charge in [-0.05, 0) is 23.3 Å². The lowest BCUT2D eigenvalue weighted by molar-refractivity contribution is -0.363. The lowest BCUT2D eigenvalue weighted by Crippen LogP contribution is -2.07. The highest BCUT2D eigenvalue weighted by Crippen LogP contribution is 2.32. The molecule has 1 aromatic heterocycles. The van der Waals surface area contributed by atoms with Gasteiger partial charge in [-0.2, -0.15) is 0 Å². The maximum Gasteiger partial charge on any atom is 0.211 e. The first-order chi connectivity index (χ1) is 11.9. The predicted octanol–water partition coefficient (Wildman–Crippen LogP) is 5.50. The van der Waals surface area contributed by atoms with Crippen LogP contribution >= 0.6 is 0 Å². The van der Waals surface area contributed by atoms with Crippen molar-refractivity contribution >= 4 is 0 Å². The van der Waals surface area contributed by atoms with E-state index in [1.165, 1.54) is 27.8 Å². The minimum atomic E-state index is 1.12. The van der Waals surface area contributed by atoms with E-state index in [0.717, 1.165) is 5.69 Å². The van der Waals surface area contributed by atoms with Gasteiger partial charge in [0.2, 0.25) is 5.69 Å². The van der Waals surface area contributed by atoms with E-state index in [1.54, 1.807) is 0 Å². The van der Waals surface area contributed by atoms with Crippen molar-refractivity contribution in [3.63, 3.8) is 0 Å². The molecule has 24 heavy (non-hydrogen) atoms. The summed E-state index contributed by atoms with van der Waals surface area (Å²) in [5.74, 6) is 0. The minimum absolute atomic E-state index is 1.12. The van der Waals surface area contributed by atoms with E-state index >= 15 is 0 Å². The number of aromatic amines is 1. The largest absolute Gasteiger partial charge is 0.211 e. The van der Waals surface area contributed by atoms with Gasteiger partial charge in [0.15, 0.2) is 6.20 Å². The van der Waals surface area contributed by atoms with Gasteiger partial charge in [-0.15, -0.1) is 0 Å². The second kappa shape index (κ2) is 6.51. The van der Waals surface area contributed by atoms with Crippen molar-refractivity contribution in [3.05, 3.63) is 103 Å². The Morgan fingerprint density at radius 2 is 0.917 bits per heavy atom. The van der Waals surface area contributed by atoms with E-state index in [4.69, 9.17) is 0 Å². The van der Waals surface area contributed by atoms with Crippen LogP contribution in [-0.2, 0) is 0 Å². The molecule has 3 aromatic carbocycles. The van der Waals surface area contributed by atoms with E-state index in [9.17, 15) is 0 Å². The second-order valence-corrected chi connectivity index (χ2v) is 5.77. The van der Waals surface area contributed by atoms with E-state index in [-0.39, 0.29) is 0 Å². The third kappa shape index (κ3) is 2.84. The molecule has 4 rings (SSSR count). The first-order valence-electron chi connectivity index (χ1n) is 8.14. The van der Waals surface area contributed by atoms with E-state index in [0.29, 0.717) is 0 Å². The molecule has 0 saturated carbocycles. The van der Waals surface area contributed by atoms with Gasteiger partial charge in [-0.1, -0.05) is 78.9 Å². The number of H-pyrrole nitrogens is 1. The van der Waals surface area contributed by atoms with Crippen molar-refractivity contribution in [1.29, 1.82) is 0 Å². The number of rotatable bonds is 3. The summed E-state index contributed by atoms with van der Waals surface area (Å²) < 4.78 is 0. The van der Waals surface area contributed by atoms with Crippen LogP contribution in [0, 0.1) is 0 Å². The Balaban J connectivity index is 1.92. The number of benzene rings is 3. The van der Waals surface area contributed by atoms with Gasteiger partial charge < -0.3 is 0 Å². The summed E-state index contributed by atoms with van der Waals surface area (Å²) in [6.07, 6.45) is 2.11. The SMILES string of the molecule is c1ccc(-c2cc(-c3ccccc3)c(-c3ccccc3)c[nH+]2)cc1. The van der Waals surface area contributed by atoms with Crippen LogP contribution in [0.1, 0.15) is 0 Å². The van der Waals surface area contributed by atoms with Gasteiger partial charge in [0.25, 0.3) is 0 Å². The van der Waals surface area contributed by atoms with Gasteiger partial charge in [-0.25, -0.2) is 4.98 Å². The van der Waals surface area contributed by atoms with Crippen molar-refractivity contribution in [1.82, 2.24) is 0 Å². The summed E-state index contributed by atoms with van der Waals surface area (Å²) in [6.45, 7) is 0. The molecule has 0 bridgehead atoms. The molecule has 1 N–H and O–H groups in total. The summed E-state index contributed by atoms with van der Waals surface area (Å²) >= 11 is 0. The van der Waals surface area contributed by atoms with E-state index < -0.39 is 0 Å². The molecule has 0 atom stereocenters. The zero-order valence-corrected chi connectivity index (χ0v) is 13.3. The quantitative estimate of drug-likeness (QED) is 0.474. The van der Waals surface area contributed by atoms with Crippen LogP contribution in [-0.4, -0.2) is 0 Å². The molecule has 1 heteroatoms. The fourth-order valence-electron chi connectivity index (χ4n) is 2.99. The molecule has 0 fully saturated rings. The highest BCUT2D eigenvalue weighted by molar-refractivity contribution is 5.84. The molecule has 0 aliphatic heterocycles. The third-order valence-electron chi connectivity index (χ3n) is 4.21. The Hall–Kier alpha value is -3.19. The lowest BCUT2D eigenvalue weighted by atomic mass is 9.95. The molecule has 4 aromatic rings. The molecule has 0 saturated heterocycles. The van der Waals surface area contributed by atoms with Gasteiger partial charge in [0.1, 0.15) is 0 Å². The van der Waals surface area contributed by atoms with Crippen molar-refractivity contribution < 1.29 is 4.98 Å². The van der Waals surface area contributed by atoms with Crippen molar-refractivity contribution in [2.45, 2.75) is 0 Å². The zero-order valence-electron chi connectivity index (χ0n) is 13.3. The molecule has 1 nitrogen and oxygen atoms in total. The molecule has 0 aliphatic carbocycles. The molecule has 0 radical (unpaired) electrons. The van der Waals surface area contributed by atoms with Crippen molar-refractivity contribution in [2.75, 3.05) is 0 Å². The fourth-order valence-corrected chi connectivity index (χ4v) is 2.99. The van der Waals surface area contributed by atoms with Gasteiger partial charge >= 0.3 is 0 Å². The topological polar surface area (TPSA) is 14.1 Å². The van der Waals surface area contributed by atoms with Crippen molar-refractivity contribution in [3.8, 4) is 33.5 Å². The average molecular weight is 308 g/mol. The zero-order chi connectivity index (χ0) is 16.2. The van der Waals surface area contributed by atoms with Crippen LogP contribution in [0.2, 0.25) is 0 Å². The summed E-state index contributed by atoms with van der Waals surface area (Å²) in [7, 11) is 0. The van der Waals surface area contributed by atoms with Crippen LogP contribution in [0.3, 0.4) is 0 Å². The minimum Gasteiger partial charge on any atom is -0.210 e.